The minimum atomic E-state index is -0.160. The van der Waals surface area contributed by atoms with Gasteiger partial charge in [-0.05, 0) is 30.6 Å². The molecule has 17 heavy (non-hydrogen) atoms. The molecular weight excluding hydrogens is 212 g/mol. The summed E-state index contributed by atoms with van der Waals surface area (Å²) in [5.74, 6) is 0.833. The quantitative estimate of drug-likeness (QED) is 0.818. The van der Waals surface area contributed by atoms with Crippen molar-refractivity contribution in [3.63, 3.8) is 0 Å². The lowest BCUT2D eigenvalue weighted by atomic mass is 9.92. The second-order valence-corrected chi connectivity index (χ2v) is 7.22. The van der Waals surface area contributed by atoms with Crippen molar-refractivity contribution in [3.05, 3.63) is 0 Å². The molecule has 2 aliphatic rings. The molecule has 1 saturated carbocycles. The van der Waals surface area contributed by atoms with Crippen molar-refractivity contribution in [2.45, 2.75) is 65.6 Å². The van der Waals surface area contributed by atoms with Crippen LogP contribution in [0.1, 0.15) is 53.9 Å². The van der Waals surface area contributed by atoms with Gasteiger partial charge in [0.2, 0.25) is 5.91 Å². The Bertz CT molecular complexity index is 313. The monoisotopic (exact) mass is 238 g/mol. The van der Waals surface area contributed by atoms with Crippen LogP contribution in [-0.2, 0) is 4.79 Å². The largest absolute Gasteiger partial charge is 0.325 e. The van der Waals surface area contributed by atoms with E-state index in [0.29, 0.717) is 17.2 Å². The molecule has 1 aliphatic heterocycles. The number of hydrogen-bond donors (Lipinski definition) is 1. The minimum absolute atomic E-state index is 0.160. The fourth-order valence-corrected chi connectivity index (χ4v) is 2.53. The Balaban J connectivity index is 2.04. The molecule has 2 fully saturated rings. The Morgan fingerprint density at radius 1 is 1.41 bits per heavy atom. The summed E-state index contributed by atoms with van der Waals surface area (Å²) in [6.07, 6.45) is 3.37. The Morgan fingerprint density at radius 2 is 2.00 bits per heavy atom. The van der Waals surface area contributed by atoms with Crippen LogP contribution in [-0.4, -0.2) is 29.1 Å². The van der Waals surface area contributed by atoms with Crippen LogP contribution >= 0.6 is 0 Å². The molecule has 1 saturated heterocycles. The summed E-state index contributed by atoms with van der Waals surface area (Å²) in [5, 5.41) is 3.55. The molecule has 1 aliphatic carbocycles. The molecule has 0 aromatic heterocycles. The van der Waals surface area contributed by atoms with Gasteiger partial charge in [0, 0.05) is 6.54 Å². The first kappa shape index (κ1) is 12.9. The molecule has 1 amide bonds. The summed E-state index contributed by atoms with van der Waals surface area (Å²) in [7, 11) is 0. The van der Waals surface area contributed by atoms with Crippen LogP contribution in [0.15, 0.2) is 0 Å². The van der Waals surface area contributed by atoms with E-state index in [1.54, 1.807) is 0 Å². The lowest BCUT2D eigenvalue weighted by molar-refractivity contribution is -0.131. The van der Waals surface area contributed by atoms with Crippen LogP contribution in [0.5, 0.6) is 0 Å². The first-order valence-corrected chi connectivity index (χ1v) is 6.84. The highest BCUT2D eigenvalue weighted by Gasteiger charge is 2.59. The highest BCUT2D eigenvalue weighted by molar-refractivity contribution is 5.91. The van der Waals surface area contributed by atoms with Gasteiger partial charge in [0.1, 0.15) is 0 Å². The highest BCUT2D eigenvalue weighted by atomic mass is 16.2. The van der Waals surface area contributed by atoms with Gasteiger partial charge in [-0.1, -0.05) is 34.6 Å². The maximum absolute atomic E-state index is 12.4. The van der Waals surface area contributed by atoms with E-state index in [4.69, 9.17) is 0 Å². The van der Waals surface area contributed by atoms with Gasteiger partial charge < -0.3 is 4.90 Å². The maximum atomic E-state index is 12.4. The lowest BCUT2D eigenvalue weighted by Gasteiger charge is -2.30. The number of carbonyl (C=O) groups is 1. The van der Waals surface area contributed by atoms with E-state index in [0.717, 1.165) is 25.8 Å². The van der Waals surface area contributed by atoms with Crippen molar-refractivity contribution in [3.8, 4) is 0 Å². The maximum Gasteiger partial charge on any atom is 0.244 e. The predicted octanol–water partition coefficient (Wildman–Crippen LogP) is 2.37. The minimum Gasteiger partial charge on any atom is -0.325 e. The predicted molar refractivity (Wildman–Crippen MR) is 69.5 cm³/mol. The highest BCUT2D eigenvalue weighted by Crippen LogP contribution is 2.43. The second kappa shape index (κ2) is 3.98. The first-order valence-electron chi connectivity index (χ1n) is 6.84. The Morgan fingerprint density at radius 3 is 2.41 bits per heavy atom. The lowest BCUT2D eigenvalue weighted by Crippen LogP contribution is -2.42. The molecule has 1 heterocycles. The van der Waals surface area contributed by atoms with Gasteiger partial charge in [-0.3, -0.25) is 10.1 Å². The van der Waals surface area contributed by atoms with Gasteiger partial charge in [-0.2, -0.15) is 0 Å². The molecular formula is C14H26N2O. The summed E-state index contributed by atoms with van der Waals surface area (Å²) in [6, 6.07) is 0. The molecule has 1 spiro atoms. The van der Waals surface area contributed by atoms with Gasteiger partial charge in [-0.15, -0.1) is 0 Å². The second-order valence-electron chi connectivity index (χ2n) is 7.22. The topological polar surface area (TPSA) is 32.3 Å². The van der Waals surface area contributed by atoms with Gasteiger partial charge in [0.05, 0.1) is 11.7 Å². The van der Waals surface area contributed by atoms with Gasteiger partial charge >= 0.3 is 0 Å². The van der Waals surface area contributed by atoms with E-state index in [2.05, 4.69) is 44.8 Å². The molecule has 2 rings (SSSR count). The molecule has 3 nitrogen and oxygen atoms in total. The molecule has 3 heteroatoms. The molecule has 0 radical (unpaired) electrons. The van der Waals surface area contributed by atoms with E-state index in [-0.39, 0.29) is 11.7 Å². The van der Waals surface area contributed by atoms with Crippen molar-refractivity contribution >= 4 is 5.91 Å². The number of amides is 1. The van der Waals surface area contributed by atoms with E-state index >= 15 is 0 Å². The number of nitrogens with zero attached hydrogens (tertiary/aromatic N) is 1. The van der Waals surface area contributed by atoms with E-state index in [1.807, 2.05) is 0 Å². The van der Waals surface area contributed by atoms with Crippen LogP contribution in [0.4, 0.5) is 0 Å². The summed E-state index contributed by atoms with van der Waals surface area (Å²) in [5.41, 5.74) is 0.133. The van der Waals surface area contributed by atoms with E-state index in [9.17, 15) is 4.79 Å². The van der Waals surface area contributed by atoms with Crippen molar-refractivity contribution in [2.24, 2.45) is 11.3 Å². The number of rotatable bonds is 3. The summed E-state index contributed by atoms with van der Waals surface area (Å²) < 4.78 is 0. The standard InChI is InChI=1S/C14H26N2O/c1-10(2)11-15-14(6-7-14)12(17)16(11)9-8-13(3,4)5/h10-11,15H,6-9H2,1-5H3. The summed E-state index contributed by atoms with van der Waals surface area (Å²) in [4.78, 5) is 14.5. The molecule has 1 N–H and O–H groups in total. The van der Waals surface area contributed by atoms with Crippen LogP contribution in [0, 0.1) is 11.3 Å². The fourth-order valence-electron chi connectivity index (χ4n) is 2.53. The Kier molecular flexibility index (Phi) is 3.01. The summed E-state index contributed by atoms with van der Waals surface area (Å²) >= 11 is 0. The zero-order chi connectivity index (χ0) is 12.8. The van der Waals surface area contributed by atoms with Crippen molar-refractivity contribution in [1.29, 1.82) is 0 Å². The van der Waals surface area contributed by atoms with Crippen LogP contribution in [0.2, 0.25) is 0 Å². The van der Waals surface area contributed by atoms with Gasteiger partial charge in [0.25, 0.3) is 0 Å². The molecule has 0 aromatic carbocycles. The van der Waals surface area contributed by atoms with E-state index in [1.165, 1.54) is 0 Å². The van der Waals surface area contributed by atoms with Crippen LogP contribution in [0.25, 0.3) is 0 Å². The van der Waals surface area contributed by atoms with Crippen LogP contribution in [0.3, 0.4) is 0 Å². The SMILES string of the molecule is CC(C)C1NC2(CC2)C(=O)N1CCC(C)(C)C. The average molecular weight is 238 g/mol. The first-order chi connectivity index (χ1) is 7.75. The zero-order valence-corrected chi connectivity index (χ0v) is 11.8. The van der Waals surface area contributed by atoms with E-state index < -0.39 is 0 Å². The summed E-state index contributed by atoms with van der Waals surface area (Å²) in [6.45, 7) is 12.0. The van der Waals surface area contributed by atoms with Gasteiger partial charge in [-0.25, -0.2) is 0 Å². The van der Waals surface area contributed by atoms with Gasteiger partial charge in [0.15, 0.2) is 0 Å². The average Bonchev–Trinajstić information content (AvgIpc) is 2.88. The normalized spacial score (nSPS) is 27.3. The smallest absolute Gasteiger partial charge is 0.244 e. The molecule has 1 unspecified atom stereocenters. The molecule has 1 atom stereocenters. The number of carbonyl (C=O) groups excluding carboxylic acids is 1. The van der Waals surface area contributed by atoms with Crippen molar-refractivity contribution < 1.29 is 4.79 Å². The zero-order valence-electron chi connectivity index (χ0n) is 11.8. The molecule has 0 bridgehead atoms. The fraction of sp³-hybridized carbons (Fsp3) is 0.929. The van der Waals surface area contributed by atoms with Crippen molar-refractivity contribution in [1.82, 2.24) is 10.2 Å². The third-order valence-corrected chi connectivity index (χ3v) is 3.91. The molecule has 98 valence electrons. The molecule has 0 aromatic rings. The number of hydrogen-bond acceptors (Lipinski definition) is 2. The third kappa shape index (κ3) is 2.49. The van der Waals surface area contributed by atoms with Crippen LogP contribution < -0.4 is 5.32 Å². The Hall–Kier alpha value is -0.570. The number of nitrogens with one attached hydrogen (secondary N) is 1. The Labute approximate surface area is 105 Å². The third-order valence-electron chi connectivity index (χ3n) is 3.91. The van der Waals surface area contributed by atoms with Crippen molar-refractivity contribution in [2.75, 3.05) is 6.54 Å².